The van der Waals surface area contributed by atoms with Gasteiger partial charge in [-0.2, -0.15) is 0 Å². The number of amidine groups is 1. The van der Waals surface area contributed by atoms with Crippen LogP contribution in [0.2, 0.25) is 0 Å². The number of nitrogens with one attached hydrogen (secondary N) is 1. The first-order chi connectivity index (χ1) is 8.38. The number of nitrogens with two attached hydrogens (primary N) is 1. The van der Waals surface area contributed by atoms with Crippen molar-refractivity contribution in [3.8, 4) is 0 Å². The van der Waals surface area contributed by atoms with Crippen molar-refractivity contribution < 1.29 is 8.42 Å². The summed E-state index contributed by atoms with van der Waals surface area (Å²) in [6.07, 6.45) is 1.49. The van der Waals surface area contributed by atoms with E-state index in [0.717, 1.165) is 6.42 Å². The minimum Gasteiger partial charge on any atom is -0.384 e. The molecular formula is C12H19N3O2S. The van der Waals surface area contributed by atoms with Gasteiger partial charge in [0.1, 0.15) is 5.84 Å². The highest BCUT2D eigenvalue weighted by atomic mass is 32.2. The lowest BCUT2D eigenvalue weighted by atomic mass is 10.2. The number of anilines is 1. The molecule has 0 bridgehead atoms. The molecule has 0 atom stereocenters. The molecule has 0 radical (unpaired) electrons. The molecule has 0 unspecified atom stereocenters. The van der Waals surface area contributed by atoms with Gasteiger partial charge in [0.2, 0.25) is 10.0 Å². The smallest absolute Gasteiger partial charge is 0.234 e. The molecule has 1 rings (SSSR count). The number of benzene rings is 1. The topological polar surface area (TPSA) is 87.2 Å². The fourth-order valence-electron chi connectivity index (χ4n) is 1.48. The van der Waals surface area contributed by atoms with Gasteiger partial charge in [0, 0.05) is 12.6 Å². The van der Waals surface area contributed by atoms with Gasteiger partial charge in [-0.25, -0.2) is 8.42 Å². The summed E-state index contributed by atoms with van der Waals surface area (Å²) in [6, 6.07) is 6.59. The molecule has 100 valence electrons. The van der Waals surface area contributed by atoms with Crippen LogP contribution in [0, 0.1) is 5.41 Å². The number of nitrogens with zero attached hydrogens (tertiary/aromatic N) is 1. The molecule has 3 N–H and O–H groups in total. The second kappa shape index (κ2) is 5.86. The van der Waals surface area contributed by atoms with E-state index in [1.54, 1.807) is 24.3 Å². The Morgan fingerprint density at radius 2 is 1.89 bits per heavy atom. The summed E-state index contributed by atoms with van der Waals surface area (Å²) in [5, 5.41) is 7.27. The lowest BCUT2D eigenvalue weighted by Crippen LogP contribution is -2.29. The van der Waals surface area contributed by atoms with Gasteiger partial charge in [0.05, 0.1) is 11.4 Å². The highest BCUT2D eigenvalue weighted by molar-refractivity contribution is 7.92. The predicted octanol–water partition coefficient (Wildman–Crippen LogP) is 1.54. The Morgan fingerprint density at radius 3 is 2.33 bits per heavy atom. The van der Waals surface area contributed by atoms with E-state index >= 15 is 0 Å². The molecule has 1 aromatic rings. The quantitative estimate of drug-likeness (QED) is 0.606. The van der Waals surface area contributed by atoms with Crippen LogP contribution in [0.1, 0.15) is 25.3 Å². The Bertz CT molecular complexity index is 509. The van der Waals surface area contributed by atoms with Crippen molar-refractivity contribution >= 4 is 21.5 Å². The van der Waals surface area contributed by atoms with Crippen LogP contribution in [0.25, 0.3) is 0 Å². The van der Waals surface area contributed by atoms with Gasteiger partial charge >= 0.3 is 0 Å². The third kappa shape index (κ3) is 3.46. The first-order valence-corrected chi connectivity index (χ1v) is 7.40. The predicted molar refractivity (Wildman–Crippen MR) is 74.6 cm³/mol. The summed E-state index contributed by atoms with van der Waals surface area (Å²) in [7, 11) is -1.72. The molecule has 0 aliphatic carbocycles. The summed E-state index contributed by atoms with van der Waals surface area (Å²) in [5.41, 5.74) is 6.50. The van der Waals surface area contributed by atoms with Crippen LogP contribution in [0.5, 0.6) is 0 Å². The lowest BCUT2D eigenvalue weighted by Gasteiger charge is -2.19. The highest BCUT2D eigenvalue weighted by Gasteiger charge is 2.17. The molecular weight excluding hydrogens is 250 g/mol. The average molecular weight is 269 g/mol. The van der Waals surface area contributed by atoms with E-state index in [0.29, 0.717) is 17.7 Å². The van der Waals surface area contributed by atoms with E-state index in [-0.39, 0.29) is 11.6 Å². The lowest BCUT2D eigenvalue weighted by molar-refractivity contribution is 0.591. The monoisotopic (exact) mass is 269 g/mol. The second-order valence-electron chi connectivity index (χ2n) is 4.10. The second-order valence-corrected chi connectivity index (χ2v) is 6.22. The van der Waals surface area contributed by atoms with Crippen molar-refractivity contribution in [1.29, 1.82) is 5.41 Å². The molecule has 5 nitrogen and oxygen atoms in total. The van der Waals surface area contributed by atoms with Crippen LogP contribution in [0.3, 0.4) is 0 Å². The van der Waals surface area contributed by atoms with Crippen LogP contribution in [-0.4, -0.2) is 27.1 Å². The van der Waals surface area contributed by atoms with E-state index in [9.17, 15) is 8.42 Å². The Balaban J connectivity index is 2.90. The zero-order chi connectivity index (χ0) is 13.8. The van der Waals surface area contributed by atoms with Crippen molar-refractivity contribution in [1.82, 2.24) is 0 Å². The number of sulfonamides is 1. The van der Waals surface area contributed by atoms with E-state index in [1.807, 2.05) is 6.92 Å². The Hall–Kier alpha value is -1.56. The van der Waals surface area contributed by atoms with Crippen LogP contribution < -0.4 is 10.0 Å². The molecule has 0 amide bonds. The van der Waals surface area contributed by atoms with Crippen molar-refractivity contribution in [2.45, 2.75) is 19.8 Å². The maximum Gasteiger partial charge on any atom is 0.234 e. The molecule has 0 aromatic heterocycles. The Morgan fingerprint density at radius 1 is 1.33 bits per heavy atom. The van der Waals surface area contributed by atoms with Crippen LogP contribution >= 0.6 is 0 Å². The van der Waals surface area contributed by atoms with Crippen LogP contribution in [-0.2, 0) is 10.0 Å². The van der Waals surface area contributed by atoms with E-state index < -0.39 is 10.0 Å². The molecule has 0 fully saturated rings. The Kier molecular flexibility index (Phi) is 4.72. The summed E-state index contributed by atoms with van der Waals surface area (Å²) in [6.45, 7) is 1.96. The van der Waals surface area contributed by atoms with Gasteiger partial charge in [0.15, 0.2) is 0 Å². The zero-order valence-electron chi connectivity index (χ0n) is 10.7. The van der Waals surface area contributed by atoms with Gasteiger partial charge in [-0.15, -0.1) is 0 Å². The normalized spacial score (nSPS) is 11.2. The maximum absolute atomic E-state index is 12.0. The van der Waals surface area contributed by atoms with Gasteiger partial charge in [-0.05, 0) is 30.7 Å². The molecule has 0 aliphatic rings. The summed E-state index contributed by atoms with van der Waals surface area (Å²) in [4.78, 5) is 0. The van der Waals surface area contributed by atoms with Crippen molar-refractivity contribution in [2.75, 3.05) is 17.1 Å². The fraction of sp³-hybridized carbons (Fsp3) is 0.417. The third-order valence-corrected chi connectivity index (χ3v) is 4.56. The molecule has 0 spiro atoms. The number of nitrogen functional groups attached to an aromatic ring is 1. The molecule has 0 saturated carbocycles. The van der Waals surface area contributed by atoms with Crippen LogP contribution in [0.15, 0.2) is 24.3 Å². The molecule has 6 heteroatoms. The van der Waals surface area contributed by atoms with Crippen molar-refractivity contribution in [3.63, 3.8) is 0 Å². The third-order valence-electron chi connectivity index (χ3n) is 2.72. The first-order valence-electron chi connectivity index (χ1n) is 5.79. The first kappa shape index (κ1) is 14.5. The van der Waals surface area contributed by atoms with Crippen molar-refractivity contribution in [3.05, 3.63) is 29.8 Å². The van der Waals surface area contributed by atoms with Gasteiger partial charge in [0.25, 0.3) is 0 Å². The summed E-state index contributed by atoms with van der Waals surface area (Å²) >= 11 is 0. The van der Waals surface area contributed by atoms with Gasteiger partial charge < -0.3 is 5.73 Å². The van der Waals surface area contributed by atoms with E-state index in [1.165, 1.54) is 11.4 Å². The molecule has 1 aromatic carbocycles. The fourth-order valence-corrected chi connectivity index (χ4v) is 2.85. The summed E-state index contributed by atoms with van der Waals surface area (Å²) in [5.74, 6) is 0.118. The molecule has 0 saturated heterocycles. The molecule has 18 heavy (non-hydrogen) atoms. The van der Waals surface area contributed by atoms with E-state index in [2.05, 4.69) is 0 Å². The van der Waals surface area contributed by atoms with E-state index in [4.69, 9.17) is 11.1 Å². The summed E-state index contributed by atoms with van der Waals surface area (Å²) < 4.78 is 25.2. The zero-order valence-corrected chi connectivity index (χ0v) is 11.5. The van der Waals surface area contributed by atoms with Gasteiger partial charge in [-0.3, -0.25) is 9.71 Å². The largest absolute Gasteiger partial charge is 0.384 e. The minimum absolute atomic E-state index is 0.0296. The van der Waals surface area contributed by atoms with Crippen molar-refractivity contribution in [2.24, 2.45) is 5.73 Å². The number of hydrogen-bond acceptors (Lipinski definition) is 3. The SMILES string of the molecule is CCCCS(=O)(=O)N(C)c1ccc(C(=N)N)cc1. The number of unbranched alkanes of at least 4 members (excludes halogenated alkanes) is 1. The number of rotatable bonds is 6. The molecule has 0 aliphatic heterocycles. The molecule has 0 heterocycles. The average Bonchev–Trinajstić information content (AvgIpc) is 2.35. The Labute approximate surface area is 108 Å². The maximum atomic E-state index is 12.0. The van der Waals surface area contributed by atoms with Gasteiger partial charge in [-0.1, -0.05) is 13.3 Å². The number of hydrogen-bond donors (Lipinski definition) is 2. The highest BCUT2D eigenvalue weighted by Crippen LogP contribution is 2.17. The standard InChI is InChI=1S/C12H19N3O2S/c1-3-4-9-18(16,17)15(2)11-7-5-10(6-8-11)12(13)14/h5-8H,3-4,9H2,1-2H3,(H3,13,14). The van der Waals surface area contributed by atoms with Crippen LogP contribution in [0.4, 0.5) is 5.69 Å². The minimum atomic E-state index is -3.26.